The van der Waals surface area contributed by atoms with Gasteiger partial charge in [0, 0.05) is 35.8 Å². The Bertz CT molecular complexity index is 1550. The highest BCUT2D eigenvalue weighted by atomic mass is 35.5. The molecule has 2 N–H and O–H groups in total. The number of pyridine rings is 2. The molecule has 0 bridgehead atoms. The van der Waals surface area contributed by atoms with Gasteiger partial charge in [-0.3, -0.25) is 24.3 Å². The van der Waals surface area contributed by atoms with Crippen LogP contribution < -0.4 is 5.73 Å². The summed E-state index contributed by atoms with van der Waals surface area (Å²) < 4.78 is 41.9. The van der Waals surface area contributed by atoms with Crippen LogP contribution in [0.5, 0.6) is 0 Å². The van der Waals surface area contributed by atoms with Gasteiger partial charge < -0.3 is 10.6 Å². The number of likely N-dealkylation sites (tertiary alicyclic amines) is 2. The van der Waals surface area contributed by atoms with Crippen LogP contribution in [0.2, 0.25) is 0 Å². The van der Waals surface area contributed by atoms with Crippen LogP contribution in [-0.4, -0.2) is 56.6 Å². The molecule has 14 heteroatoms. The predicted molar refractivity (Wildman–Crippen MR) is 152 cm³/mol. The van der Waals surface area contributed by atoms with Gasteiger partial charge in [-0.05, 0) is 42.5 Å². The summed E-state index contributed by atoms with van der Waals surface area (Å²) in [6.45, 7) is 6.07. The minimum absolute atomic E-state index is 0. The maximum atomic E-state index is 13.8. The van der Waals surface area contributed by atoms with Crippen LogP contribution in [0.4, 0.5) is 13.2 Å². The monoisotopic (exact) mass is 629 g/mol. The molecule has 5 heterocycles. The molecule has 220 valence electrons. The van der Waals surface area contributed by atoms with E-state index in [1.807, 2.05) is 13.8 Å². The molecule has 3 aromatic heterocycles. The van der Waals surface area contributed by atoms with E-state index in [0.29, 0.717) is 40.2 Å². The minimum atomic E-state index is -4.71. The number of hydrogen-bond acceptors (Lipinski definition) is 7. The average Bonchev–Trinajstić information content (AvgIpc) is 3.24. The number of nitrogens with two attached hydrogens (primary N) is 1. The van der Waals surface area contributed by atoms with Crippen molar-refractivity contribution in [2.75, 3.05) is 13.1 Å². The number of amides is 3. The van der Waals surface area contributed by atoms with Crippen LogP contribution in [0, 0.1) is 24.2 Å². The van der Waals surface area contributed by atoms with Gasteiger partial charge in [0.25, 0.3) is 5.91 Å². The van der Waals surface area contributed by atoms with Gasteiger partial charge in [0.1, 0.15) is 5.69 Å². The highest BCUT2D eigenvalue weighted by Crippen LogP contribution is 2.63. The molecule has 0 spiro atoms. The lowest BCUT2D eigenvalue weighted by atomic mass is 9.99. The van der Waals surface area contributed by atoms with Gasteiger partial charge >= 0.3 is 6.18 Å². The number of halogens is 5. The van der Waals surface area contributed by atoms with E-state index >= 15 is 0 Å². The standard InChI is InChI=1S/C27H26F3N5O3S.2ClH/c1-12-8-17(27(28,29)30)33-21(18(12)23(36)34-7-5-13(31)10-34)15-4-6-32-16-9-14(39-22(15)16)11-35-24(37)19-20(25(35)38)26(19,2)3;;/h4,6,8-9,13,19-20H,5,7,10-11,31H2,1-3H3;2*1H/t13-,19?,20?;;/m0../s1. The van der Waals surface area contributed by atoms with Crippen molar-refractivity contribution in [3.8, 4) is 11.3 Å². The molecule has 8 nitrogen and oxygen atoms in total. The van der Waals surface area contributed by atoms with Gasteiger partial charge in [-0.25, -0.2) is 4.98 Å². The number of rotatable bonds is 4. The van der Waals surface area contributed by atoms with Crippen LogP contribution in [0.15, 0.2) is 24.4 Å². The van der Waals surface area contributed by atoms with Crippen LogP contribution >= 0.6 is 36.2 Å². The highest BCUT2D eigenvalue weighted by Gasteiger charge is 2.72. The zero-order valence-corrected chi connectivity index (χ0v) is 24.8. The first-order chi connectivity index (χ1) is 18.3. The first-order valence-corrected chi connectivity index (χ1v) is 13.5. The molecule has 3 amide bonds. The Morgan fingerprint density at radius 2 is 1.83 bits per heavy atom. The van der Waals surface area contributed by atoms with Crippen molar-refractivity contribution in [2.45, 2.75) is 46.0 Å². The number of aromatic nitrogens is 2. The van der Waals surface area contributed by atoms with Crippen molar-refractivity contribution in [3.05, 3.63) is 46.1 Å². The molecule has 1 saturated carbocycles. The molecule has 1 aliphatic carbocycles. The number of carbonyl (C=O) groups is 3. The van der Waals surface area contributed by atoms with Crippen molar-refractivity contribution in [1.82, 2.24) is 19.8 Å². The number of thiophene rings is 1. The minimum Gasteiger partial charge on any atom is -0.337 e. The predicted octanol–water partition coefficient (Wildman–Crippen LogP) is 4.84. The number of nitrogens with zero attached hydrogens (tertiary/aromatic N) is 4. The van der Waals surface area contributed by atoms with Gasteiger partial charge in [-0.15, -0.1) is 36.2 Å². The second-order valence-corrected chi connectivity index (χ2v) is 12.3. The number of hydrogen-bond donors (Lipinski definition) is 1. The molecular weight excluding hydrogens is 602 g/mol. The third-order valence-corrected chi connectivity index (χ3v) is 9.30. The summed E-state index contributed by atoms with van der Waals surface area (Å²) in [6, 6.07) is 3.96. The topological polar surface area (TPSA) is 109 Å². The van der Waals surface area contributed by atoms with Crippen LogP contribution in [0.25, 0.3) is 21.5 Å². The number of imide groups is 1. The lowest BCUT2D eigenvalue weighted by Gasteiger charge is -2.21. The van der Waals surface area contributed by atoms with Crippen molar-refractivity contribution in [1.29, 1.82) is 0 Å². The van der Waals surface area contributed by atoms with E-state index in [0.717, 1.165) is 6.07 Å². The Labute approximate surface area is 250 Å². The first-order valence-electron chi connectivity index (χ1n) is 12.7. The number of aryl methyl sites for hydroxylation is 1. The number of piperidine rings is 1. The van der Waals surface area contributed by atoms with Crippen molar-refractivity contribution in [3.63, 3.8) is 0 Å². The molecule has 2 saturated heterocycles. The maximum absolute atomic E-state index is 13.8. The quantitative estimate of drug-likeness (QED) is 0.414. The van der Waals surface area contributed by atoms with Gasteiger partial charge in [-0.2, -0.15) is 13.2 Å². The van der Waals surface area contributed by atoms with E-state index < -0.39 is 17.8 Å². The Balaban J connectivity index is 0.00000194. The molecule has 2 aliphatic heterocycles. The van der Waals surface area contributed by atoms with E-state index in [9.17, 15) is 27.6 Å². The second kappa shape index (κ2) is 10.5. The molecule has 3 aromatic rings. The first kappa shape index (κ1) is 31.1. The second-order valence-electron chi connectivity index (χ2n) is 11.2. The molecule has 41 heavy (non-hydrogen) atoms. The molecule has 3 aliphatic rings. The van der Waals surface area contributed by atoms with Crippen molar-refractivity contribution in [2.24, 2.45) is 23.0 Å². The molecule has 0 radical (unpaired) electrons. The lowest BCUT2D eigenvalue weighted by Crippen LogP contribution is -2.35. The fourth-order valence-electron chi connectivity index (χ4n) is 5.98. The summed E-state index contributed by atoms with van der Waals surface area (Å²) >= 11 is 1.22. The Morgan fingerprint density at radius 1 is 1.17 bits per heavy atom. The van der Waals surface area contributed by atoms with Crippen molar-refractivity contribution >= 4 is 64.1 Å². The fourth-order valence-corrected chi connectivity index (χ4v) is 7.10. The molecule has 3 atom stereocenters. The SMILES string of the molecule is Cc1cc(C(F)(F)F)nc(-c2ccnc3cc(CN4C(=O)C5C(C4=O)C5(C)C)sc23)c1C(=O)N1CC[C@H](N)C1.Cl.Cl. The number of fused-ring (bicyclic) bond motifs is 2. The van der Waals surface area contributed by atoms with Crippen LogP contribution in [-0.2, 0) is 22.3 Å². The number of carbonyl (C=O) groups excluding carboxylic acids is 3. The summed E-state index contributed by atoms with van der Waals surface area (Å²) in [5.74, 6) is -1.44. The normalized spacial score (nSPS) is 23.0. The van der Waals surface area contributed by atoms with Crippen molar-refractivity contribution < 1.29 is 27.6 Å². The third-order valence-electron chi connectivity index (χ3n) is 8.16. The molecule has 0 aromatic carbocycles. The summed E-state index contributed by atoms with van der Waals surface area (Å²) in [7, 11) is 0. The fraction of sp³-hybridized carbons (Fsp3) is 0.444. The summed E-state index contributed by atoms with van der Waals surface area (Å²) in [5.41, 5.74) is 5.55. The molecule has 6 rings (SSSR count). The Kier molecular flexibility index (Phi) is 7.96. The smallest absolute Gasteiger partial charge is 0.337 e. The van der Waals surface area contributed by atoms with Gasteiger partial charge in [-0.1, -0.05) is 13.8 Å². The summed E-state index contributed by atoms with van der Waals surface area (Å²) in [5, 5.41) is 0. The van der Waals surface area contributed by atoms with Crippen LogP contribution in [0.1, 0.15) is 46.8 Å². The lowest BCUT2D eigenvalue weighted by molar-refractivity contribution is -0.144. The molecule has 3 fully saturated rings. The molecule has 2 unspecified atom stereocenters. The van der Waals surface area contributed by atoms with E-state index in [2.05, 4.69) is 9.97 Å². The largest absolute Gasteiger partial charge is 0.433 e. The summed E-state index contributed by atoms with van der Waals surface area (Å²) in [6.07, 6.45) is -2.65. The zero-order chi connectivity index (χ0) is 28.0. The van der Waals surface area contributed by atoms with Crippen LogP contribution in [0.3, 0.4) is 0 Å². The average molecular weight is 631 g/mol. The highest BCUT2D eigenvalue weighted by molar-refractivity contribution is 7.19. The summed E-state index contributed by atoms with van der Waals surface area (Å²) in [4.78, 5) is 51.0. The van der Waals surface area contributed by atoms with Gasteiger partial charge in [0.2, 0.25) is 11.8 Å². The van der Waals surface area contributed by atoms with Gasteiger partial charge in [0.15, 0.2) is 0 Å². The van der Waals surface area contributed by atoms with E-state index in [1.165, 1.54) is 29.4 Å². The molecular formula is C27H28Cl2F3N5O3S. The number of alkyl halides is 3. The van der Waals surface area contributed by atoms with E-state index in [-0.39, 0.29) is 83.3 Å². The Morgan fingerprint density at radius 3 is 2.41 bits per heavy atom. The zero-order valence-electron chi connectivity index (χ0n) is 22.3. The van der Waals surface area contributed by atoms with E-state index in [1.54, 1.807) is 17.0 Å². The van der Waals surface area contributed by atoms with E-state index in [4.69, 9.17) is 5.73 Å². The third kappa shape index (κ3) is 4.98. The Hall–Kier alpha value is -2.80. The maximum Gasteiger partial charge on any atom is 0.433 e. The van der Waals surface area contributed by atoms with Gasteiger partial charge in [0.05, 0.1) is 39.9 Å².